The van der Waals surface area contributed by atoms with Crippen LogP contribution in [0, 0.1) is 5.41 Å². The third-order valence-corrected chi connectivity index (χ3v) is 10.6. The molecule has 1 aliphatic heterocycles. The molecule has 1 saturated heterocycles. The van der Waals surface area contributed by atoms with E-state index in [-0.39, 0.29) is 41.2 Å². The zero-order valence-corrected chi connectivity index (χ0v) is 28.8. The van der Waals surface area contributed by atoms with Crippen molar-refractivity contribution in [2.75, 3.05) is 32.1 Å². The fourth-order valence-corrected chi connectivity index (χ4v) is 7.52. The highest BCUT2D eigenvalue weighted by Crippen LogP contribution is 2.39. The summed E-state index contributed by atoms with van der Waals surface area (Å²) in [4.78, 5) is 41.0. The first kappa shape index (κ1) is 36.4. The number of carbonyl (C=O) groups excluding carboxylic acids is 3. The summed E-state index contributed by atoms with van der Waals surface area (Å²) in [5.74, 6) is -1.88. The maximum Gasteiger partial charge on any atom is 0.414 e. The highest BCUT2D eigenvalue weighted by Gasteiger charge is 2.47. The largest absolute Gasteiger partial charge is 0.459 e. The predicted molar refractivity (Wildman–Crippen MR) is 170 cm³/mol. The van der Waals surface area contributed by atoms with Gasteiger partial charge in [-0.2, -0.15) is 4.72 Å². The first-order valence-electron chi connectivity index (χ1n) is 14.7. The molecule has 12 nitrogen and oxygen atoms in total. The Balaban J connectivity index is 2.04. The van der Waals surface area contributed by atoms with Gasteiger partial charge in [-0.3, -0.25) is 9.59 Å². The van der Waals surface area contributed by atoms with Gasteiger partial charge in [-0.05, 0) is 68.9 Å². The molecule has 2 aliphatic rings. The molecule has 1 amide bonds. The molecule has 1 aromatic carbocycles. The number of benzene rings is 1. The number of esters is 1. The van der Waals surface area contributed by atoms with Gasteiger partial charge in [0.05, 0.1) is 27.9 Å². The van der Waals surface area contributed by atoms with Crippen LogP contribution in [0.3, 0.4) is 0 Å². The molecule has 45 heavy (non-hydrogen) atoms. The SMILES string of the molecule is CN(C)C(=O)OC1=CCC(C[C@H](NS(=O)(=O)c2ccc(C(C)(C)C)cc2)C(=O)OC(C)(C)C)(C(=O)C2CS(=O)(=O)CCN2)C=C1. The molecule has 1 heterocycles. The molecule has 0 bridgehead atoms. The summed E-state index contributed by atoms with van der Waals surface area (Å²) >= 11 is 0. The van der Waals surface area contributed by atoms with Crippen molar-refractivity contribution < 1.29 is 40.7 Å². The van der Waals surface area contributed by atoms with Crippen LogP contribution in [0.2, 0.25) is 0 Å². The fraction of sp³-hybridized carbons (Fsp3) is 0.581. The van der Waals surface area contributed by atoms with Gasteiger partial charge in [0, 0.05) is 20.6 Å². The minimum absolute atomic E-state index is 0.0623. The van der Waals surface area contributed by atoms with E-state index in [0.29, 0.717) is 0 Å². The number of sulfone groups is 1. The van der Waals surface area contributed by atoms with E-state index in [1.807, 2.05) is 20.8 Å². The molecule has 250 valence electrons. The van der Waals surface area contributed by atoms with Crippen LogP contribution in [-0.4, -0.2) is 89.4 Å². The fourth-order valence-electron chi connectivity index (χ4n) is 4.96. The van der Waals surface area contributed by atoms with Gasteiger partial charge in [0.1, 0.15) is 17.4 Å². The summed E-state index contributed by atoms with van der Waals surface area (Å²) in [5, 5.41) is 2.96. The second-order valence-electron chi connectivity index (χ2n) is 13.7. The minimum atomic E-state index is -4.29. The predicted octanol–water partition coefficient (Wildman–Crippen LogP) is 2.85. The standard InChI is InChI=1S/C31H45N3O9S2/c1-29(2,3)21-9-11-23(12-10-21)45(40,41)33-24(27(36)43-30(4,5)6)19-31(26(35)25-20-44(38,39)18-17-32-25)15-13-22(14-16-31)42-28(37)34(7)8/h9-15,24-25,32-33H,16-20H2,1-8H3/t24-,25?,31?/m0/s1. The molecular weight excluding hydrogens is 622 g/mol. The van der Waals surface area contributed by atoms with Gasteiger partial charge in [0.25, 0.3) is 0 Å². The third kappa shape index (κ3) is 9.71. The topological polar surface area (TPSA) is 165 Å². The van der Waals surface area contributed by atoms with E-state index in [0.717, 1.165) is 5.56 Å². The molecule has 1 fully saturated rings. The van der Waals surface area contributed by atoms with E-state index in [1.165, 1.54) is 49.4 Å². The molecule has 2 N–H and O–H groups in total. The Kier molecular flexibility index (Phi) is 10.8. The molecule has 14 heteroatoms. The molecule has 0 spiro atoms. The summed E-state index contributed by atoms with van der Waals surface area (Å²) in [6.45, 7) is 10.9. The van der Waals surface area contributed by atoms with Gasteiger partial charge in [-0.15, -0.1) is 0 Å². The monoisotopic (exact) mass is 667 g/mol. The van der Waals surface area contributed by atoms with Crippen molar-refractivity contribution in [2.24, 2.45) is 5.41 Å². The summed E-state index contributed by atoms with van der Waals surface area (Å²) < 4.78 is 65.5. The zero-order valence-electron chi connectivity index (χ0n) is 27.2. The van der Waals surface area contributed by atoms with Crippen LogP contribution in [-0.2, 0) is 44.3 Å². The highest BCUT2D eigenvalue weighted by atomic mass is 32.2. The highest BCUT2D eigenvalue weighted by molar-refractivity contribution is 7.91. The molecule has 0 aromatic heterocycles. The van der Waals surface area contributed by atoms with Crippen molar-refractivity contribution >= 4 is 37.7 Å². The summed E-state index contributed by atoms with van der Waals surface area (Å²) in [6.07, 6.45) is 3.19. The smallest absolute Gasteiger partial charge is 0.414 e. The lowest BCUT2D eigenvalue weighted by Gasteiger charge is -2.37. The molecule has 1 aliphatic carbocycles. The Morgan fingerprint density at radius 3 is 2.20 bits per heavy atom. The van der Waals surface area contributed by atoms with Crippen LogP contribution in [0.25, 0.3) is 0 Å². The molecule has 0 radical (unpaired) electrons. The van der Waals surface area contributed by atoms with E-state index in [9.17, 15) is 31.2 Å². The van der Waals surface area contributed by atoms with Crippen molar-refractivity contribution in [1.82, 2.24) is 14.9 Å². The Labute approximate surface area is 266 Å². The van der Waals surface area contributed by atoms with Crippen LogP contribution in [0.15, 0.2) is 53.1 Å². The number of sulfonamides is 1. The van der Waals surface area contributed by atoms with E-state index in [1.54, 1.807) is 32.9 Å². The maximum atomic E-state index is 14.2. The van der Waals surface area contributed by atoms with Crippen LogP contribution in [0.1, 0.15) is 59.9 Å². The maximum absolute atomic E-state index is 14.2. The van der Waals surface area contributed by atoms with Crippen LogP contribution in [0.5, 0.6) is 0 Å². The van der Waals surface area contributed by atoms with Crippen molar-refractivity contribution in [1.29, 1.82) is 0 Å². The lowest BCUT2D eigenvalue weighted by molar-refractivity contribution is -0.157. The number of nitrogens with one attached hydrogen (secondary N) is 2. The van der Waals surface area contributed by atoms with Gasteiger partial charge >= 0.3 is 12.1 Å². The molecule has 3 rings (SSSR count). The molecule has 3 atom stereocenters. The van der Waals surface area contributed by atoms with Crippen molar-refractivity contribution in [3.8, 4) is 0 Å². The average molecular weight is 668 g/mol. The van der Waals surface area contributed by atoms with Crippen molar-refractivity contribution in [3.05, 3.63) is 53.8 Å². The third-order valence-electron chi connectivity index (χ3n) is 7.42. The Bertz CT molecular complexity index is 1570. The Hall–Kier alpha value is -3.07. The lowest BCUT2D eigenvalue weighted by Crippen LogP contribution is -2.56. The normalized spacial score (nSPS) is 22.6. The summed E-state index contributed by atoms with van der Waals surface area (Å²) in [6, 6.07) is 3.64. The summed E-state index contributed by atoms with van der Waals surface area (Å²) in [5.41, 5.74) is -1.85. The van der Waals surface area contributed by atoms with Crippen molar-refractivity contribution in [2.45, 2.75) is 82.4 Å². The van der Waals surface area contributed by atoms with E-state index in [2.05, 4.69) is 10.0 Å². The number of amides is 1. The van der Waals surface area contributed by atoms with Crippen LogP contribution >= 0.6 is 0 Å². The number of rotatable bonds is 9. The zero-order chi connectivity index (χ0) is 34.0. The number of ether oxygens (including phenoxy) is 2. The number of carbonyl (C=O) groups is 3. The second kappa shape index (κ2) is 13.3. The van der Waals surface area contributed by atoms with Gasteiger partial charge in [0.15, 0.2) is 15.6 Å². The quantitative estimate of drug-likeness (QED) is 0.374. The number of allylic oxidation sites excluding steroid dienone is 3. The molecule has 1 aromatic rings. The number of ketones is 1. The van der Waals surface area contributed by atoms with E-state index in [4.69, 9.17) is 9.47 Å². The number of hydrogen-bond donors (Lipinski definition) is 2. The van der Waals surface area contributed by atoms with Crippen molar-refractivity contribution in [3.63, 3.8) is 0 Å². The first-order chi connectivity index (χ1) is 20.5. The summed E-state index contributed by atoms with van der Waals surface area (Å²) in [7, 11) is -4.81. The van der Waals surface area contributed by atoms with Gasteiger partial charge in [-0.25, -0.2) is 21.6 Å². The van der Waals surface area contributed by atoms with Crippen LogP contribution < -0.4 is 10.0 Å². The number of hydrogen-bond acceptors (Lipinski definition) is 10. The van der Waals surface area contributed by atoms with Gasteiger partial charge in [-0.1, -0.05) is 39.0 Å². The molecule has 0 saturated carbocycles. The average Bonchev–Trinajstić information content (AvgIpc) is 2.91. The molecule has 2 unspecified atom stereocenters. The van der Waals surface area contributed by atoms with E-state index < -0.39 is 66.6 Å². The Morgan fingerprint density at radius 1 is 1.09 bits per heavy atom. The minimum Gasteiger partial charge on any atom is -0.459 e. The van der Waals surface area contributed by atoms with Crippen LogP contribution in [0.4, 0.5) is 4.79 Å². The first-order valence-corrected chi connectivity index (χ1v) is 18.0. The Morgan fingerprint density at radius 2 is 1.71 bits per heavy atom. The van der Waals surface area contributed by atoms with E-state index >= 15 is 0 Å². The second-order valence-corrected chi connectivity index (χ2v) is 17.7. The molecular formula is C31H45N3O9S2. The van der Waals surface area contributed by atoms with Gasteiger partial charge in [0.2, 0.25) is 10.0 Å². The lowest BCUT2D eigenvalue weighted by atomic mass is 9.71. The van der Waals surface area contributed by atoms with Gasteiger partial charge < -0.3 is 19.7 Å². The number of Topliss-reactive ketones (excluding diaryl/α,β-unsaturated/α-hetero) is 1. The number of nitrogens with zero attached hydrogens (tertiary/aromatic N) is 1.